The smallest absolute Gasteiger partial charge is 0.244 e. The van der Waals surface area contributed by atoms with E-state index in [1.807, 2.05) is 0 Å². The zero-order chi connectivity index (χ0) is 8.85. The molecule has 4 heteroatoms. The van der Waals surface area contributed by atoms with Crippen LogP contribution in [0.25, 0.3) is 0 Å². The molecule has 0 unspecified atom stereocenters. The molecule has 4 N–H and O–H groups in total. The summed E-state index contributed by atoms with van der Waals surface area (Å²) in [6.07, 6.45) is 2.86. The Balaban J connectivity index is 3.80. The van der Waals surface area contributed by atoms with Gasteiger partial charge >= 0.3 is 0 Å². The summed E-state index contributed by atoms with van der Waals surface area (Å²) >= 11 is 0. The number of primary amides is 2. The average molecular weight is 154 g/mol. The van der Waals surface area contributed by atoms with Crippen LogP contribution in [0.5, 0.6) is 0 Å². The normalized spacial score (nSPS) is 9.82. The summed E-state index contributed by atoms with van der Waals surface area (Å²) in [5, 5.41) is 0. The van der Waals surface area contributed by atoms with Crippen molar-refractivity contribution in [2.75, 3.05) is 0 Å². The van der Waals surface area contributed by atoms with E-state index in [1.54, 1.807) is 0 Å². The first-order valence-corrected chi connectivity index (χ1v) is 2.97. The van der Waals surface area contributed by atoms with Crippen LogP contribution in [-0.2, 0) is 9.59 Å². The third-order valence-corrected chi connectivity index (χ3v) is 0.995. The van der Waals surface area contributed by atoms with Crippen molar-refractivity contribution in [1.82, 2.24) is 0 Å². The Hall–Kier alpha value is -1.58. The van der Waals surface area contributed by atoms with Crippen LogP contribution >= 0.6 is 0 Å². The van der Waals surface area contributed by atoms with Crippen molar-refractivity contribution in [1.29, 1.82) is 0 Å². The van der Waals surface area contributed by atoms with Crippen LogP contribution < -0.4 is 11.5 Å². The van der Waals surface area contributed by atoms with Crippen LogP contribution in [-0.4, -0.2) is 11.8 Å². The van der Waals surface area contributed by atoms with Gasteiger partial charge in [0.25, 0.3) is 0 Å². The number of carbonyl (C=O) groups excluding carboxylic acids is 2. The van der Waals surface area contributed by atoms with E-state index < -0.39 is 11.8 Å². The molecule has 0 aromatic rings. The summed E-state index contributed by atoms with van der Waals surface area (Å²) in [4.78, 5) is 20.5. The molecule has 4 nitrogen and oxygen atoms in total. The Morgan fingerprint density at radius 3 is 2.27 bits per heavy atom. The quantitative estimate of drug-likeness (QED) is 0.533. The molecule has 0 aromatic heterocycles. The van der Waals surface area contributed by atoms with Crippen molar-refractivity contribution >= 4 is 11.8 Å². The molecule has 60 valence electrons. The summed E-state index contributed by atoms with van der Waals surface area (Å²) in [6, 6.07) is 0. The van der Waals surface area contributed by atoms with Crippen molar-refractivity contribution in [3.63, 3.8) is 0 Å². The number of carbonyl (C=O) groups is 2. The van der Waals surface area contributed by atoms with E-state index in [2.05, 4.69) is 6.58 Å². The number of hydrogen-bond acceptors (Lipinski definition) is 2. The molecule has 11 heavy (non-hydrogen) atoms. The minimum absolute atomic E-state index is 0.252. The summed E-state index contributed by atoms with van der Waals surface area (Å²) < 4.78 is 0. The third kappa shape index (κ3) is 4.90. The maximum atomic E-state index is 10.3. The second kappa shape index (κ2) is 4.27. The first-order chi connectivity index (χ1) is 5.04. The van der Waals surface area contributed by atoms with Gasteiger partial charge in [-0.05, 0) is 12.5 Å². The summed E-state index contributed by atoms with van der Waals surface area (Å²) in [7, 11) is 0. The number of amides is 2. The largest absolute Gasteiger partial charge is 0.366 e. The standard InChI is InChI=1S/C7H10N2O2/c1-5(7(9)11)3-2-4-6(8)10/h2,4H,1,3H2,(H2,8,10)(H2,9,11). The van der Waals surface area contributed by atoms with Crippen molar-refractivity contribution in [3.8, 4) is 0 Å². The van der Waals surface area contributed by atoms with Gasteiger partial charge in [-0.2, -0.15) is 0 Å². The molecule has 0 aliphatic rings. The highest BCUT2D eigenvalue weighted by Crippen LogP contribution is 1.96. The zero-order valence-electron chi connectivity index (χ0n) is 6.04. The minimum atomic E-state index is -0.570. The molecular formula is C7H10N2O2. The van der Waals surface area contributed by atoms with E-state index in [1.165, 1.54) is 6.08 Å². The molecule has 0 aliphatic heterocycles. The van der Waals surface area contributed by atoms with Crippen molar-refractivity contribution < 1.29 is 9.59 Å². The van der Waals surface area contributed by atoms with E-state index in [0.717, 1.165) is 6.08 Å². The van der Waals surface area contributed by atoms with Crippen molar-refractivity contribution in [2.24, 2.45) is 11.5 Å². The number of allylic oxidation sites excluding steroid dienone is 1. The van der Waals surface area contributed by atoms with E-state index in [-0.39, 0.29) is 12.0 Å². The van der Waals surface area contributed by atoms with Gasteiger partial charge in [-0.15, -0.1) is 0 Å². The zero-order valence-corrected chi connectivity index (χ0v) is 6.04. The fraction of sp³-hybridized carbons (Fsp3) is 0.143. The van der Waals surface area contributed by atoms with Crippen LogP contribution in [0, 0.1) is 0 Å². The Labute approximate surface area is 64.6 Å². The van der Waals surface area contributed by atoms with Crippen molar-refractivity contribution in [3.05, 3.63) is 24.3 Å². The third-order valence-electron chi connectivity index (χ3n) is 0.995. The average Bonchev–Trinajstić information content (AvgIpc) is 1.86. The lowest BCUT2D eigenvalue weighted by Crippen LogP contribution is -2.12. The molecule has 0 spiro atoms. The van der Waals surface area contributed by atoms with Crippen LogP contribution in [0.4, 0.5) is 0 Å². The Morgan fingerprint density at radius 2 is 1.91 bits per heavy atom. The van der Waals surface area contributed by atoms with Gasteiger partial charge in [0.05, 0.1) is 0 Å². The lowest BCUT2D eigenvalue weighted by Gasteiger charge is -1.92. The van der Waals surface area contributed by atoms with Gasteiger partial charge in [0, 0.05) is 5.57 Å². The molecule has 0 bridgehead atoms. The molecule has 0 heterocycles. The second-order valence-corrected chi connectivity index (χ2v) is 1.98. The fourth-order valence-electron chi connectivity index (χ4n) is 0.418. The molecular weight excluding hydrogens is 144 g/mol. The highest BCUT2D eigenvalue weighted by Gasteiger charge is 1.96. The van der Waals surface area contributed by atoms with E-state index >= 15 is 0 Å². The van der Waals surface area contributed by atoms with Gasteiger partial charge in [-0.3, -0.25) is 9.59 Å². The number of hydrogen-bond donors (Lipinski definition) is 2. The molecule has 0 saturated carbocycles. The summed E-state index contributed by atoms with van der Waals surface area (Å²) in [5.74, 6) is -1.12. The molecule has 0 aliphatic carbocycles. The van der Waals surface area contributed by atoms with Gasteiger partial charge in [-0.1, -0.05) is 12.7 Å². The topological polar surface area (TPSA) is 86.2 Å². The first-order valence-electron chi connectivity index (χ1n) is 2.97. The molecule has 0 saturated heterocycles. The predicted molar refractivity (Wildman–Crippen MR) is 41.3 cm³/mol. The van der Waals surface area contributed by atoms with Crippen LogP contribution in [0.1, 0.15) is 6.42 Å². The minimum Gasteiger partial charge on any atom is -0.366 e. The summed E-state index contributed by atoms with van der Waals surface area (Å²) in [6.45, 7) is 3.37. The predicted octanol–water partition coefficient (Wildman–Crippen LogP) is -0.540. The van der Waals surface area contributed by atoms with Crippen LogP contribution in [0.2, 0.25) is 0 Å². The molecule has 0 aromatic carbocycles. The second-order valence-electron chi connectivity index (χ2n) is 1.98. The van der Waals surface area contributed by atoms with E-state index in [4.69, 9.17) is 11.5 Å². The monoisotopic (exact) mass is 154 g/mol. The Morgan fingerprint density at radius 1 is 1.36 bits per heavy atom. The molecule has 0 rings (SSSR count). The maximum absolute atomic E-state index is 10.3. The Kier molecular flexibility index (Phi) is 3.66. The van der Waals surface area contributed by atoms with Gasteiger partial charge < -0.3 is 11.5 Å². The van der Waals surface area contributed by atoms with E-state index in [9.17, 15) is 9.59 Å². The van der Waals surface area contributed by atoms with Gasteiger partial charge in [0.2, 0.25) is 11.8 Å². The number of rotatable bonds is 4. The molecule has 0 fully saturated rings. The molecule has 0 atom stereocenters. The number of nitrogens with two attached hydrogens (primary N) is 2. The van der Waals surface area contributed by atoms with Gasteiger partial charge in [0.1, 0.15) is 0 Å². The van der Waals surface area contributed by atoms with Gasteiger partial charge in [0.15, 0.2) is 0 Å². The lowest BCUT2D eigenvalue weighted by molar-refractivity contribution is -0.115. The van der Waals surface area contributed by atoms with Gasteiger partial charge in [-0.25, -0.2) is 0 Å². The molecule has 0 radical (unpaired) electrons. The lowest BCUT2D eigenvalue weighted by atomic mass is 10.2. The molecule has 2 amide bonds. The fourth-order valence-corrected chi connectivity index (χ4v) is 0.418. The van der Waals surface area contributed by atoms with E-state index in [0.29, 0.717) is 0 Å². The SMILES string of the molecule is C=C(CC=CC(N)=O)C(N)=O. The highest BCUT2D eigenvalue weighted by atomic mass is 16.1. The van der Waals surface area contributed by atoms with Crippen molar-refractivity contribution in [2.45, 2.75) is 6.42 Å². The maximum Gasteiger partial charge on any atom is 0.244 e. The summed E-state index contributed by atoms with van der Waals surface area (Å²) in [5.41, 5.74) is 9.90. The Bertz CT molecular complexity index is 218. The van der Waals surface area contributed by atoms with Crippen LogP contribution in [0.3, 0.4) is 0 Å². The first kappa shape index (κ1) is 9.42. The van der Waals surface area contributed by atoms with Crippen LogP contribution in [0.15, 0.2) is 24.3 Å². The highest BCUT2D eigenvalue weighted by molar-refractivity contribution is 5.92.